The van der Waals surface area contributed by atoms with Gasteiger partial charge in [0.05, 0.1) is 6.26 Å². The molecular weight excluding hydrogens is 202 g/mol. The van der Waals surface area contributed by atoms with Crippen molar-refractivity contribution in [2.24, 2.45) is 5.84 Å². The predicted octanol–water partition coefficient (Wildman–Crippen LogP) is 1.81. The highest BCUT2D eigenvalue weighted by molar-refractivity contribution is 5.14. The molecule has 0 aliphatic heterocycles. The molecule has 4 heteroatoms. The molecule has 2 heterocycles. The van der Waals surface area contributed by atoms with Crippen LogP contribution in [0.2, 0.25) is 0 Å². The number of nitrogens with two attached hydrogens (primary N) is 1. The first kappa shape index (κ1) is 10.9. The SMILES string of the molecule is NNC(CCc1ccco1)c1cccnc1. The molecule has 0 bridgehead atoms. The minimum Gasteiger partial charge on any atom is -0.469 e. The topological polar surface area (TPSA) is 64.1 Å². The third kappa shape index (κ3) is 2.68. The summed E-state index contributed by atoms with van der Waals surface area (Å²) < 4.78 is 5.28. The van der Waals surface area contributed by atoms with Crippen LogP contribution in [0.5, 0.6) is 0 Å². The van der Waals surface area contributed by atoms with Gasteiger partial charge in [-0.3, -0.25) is 16.3 Å². The van der Waals surface area contributed by atoms with Crippen molar-refractivity contribution in [3.8, 4) is 0 Å². The number of hydrazine groups is 1. The molecule has 2 rings (SSSR count). The molecule has 1 atom stereocenters. The van der Waals surface area contributed by atoms with Gasteiger partial charge in [-0.2, -0.15) is 0 Å². The zero-order valence-electron chi connectivity index (χ0n) is 8.97. The summed E-state index contributed by atoms with van der Waals surface area (Å²) >= 11 is 0. The van der Waals surface area contributed by atoms with Gasteiger partial charge in [0.25, 0.3) is 0 Å². The number of nitrogens with zero attached hydrogens (tertiary/aromatic N) is 1. The van der Waals surface area contributed by atoms with Gasteiger partial charge in [0.1, 0.15) is 5.76 Å². The molecular formula is C12H15N3O. The highest BCUT2D eigenvalue weighted by Gasteiger charge is 2.10. The van der Waals surface area contributed by atoms with Crippen LogP contribution in [0.4, 0.5) is 0 Å². The van der Waals surface area contributed by atoms with E-state index in [1.165, 1.54) is 0 Å². The molecule has 0 amide bonds. The summed E-state index contributed by atoms with van der Waals surface area (Å²) in [4.78, 5) is 4.08. The third-order valence-electron chi connectivity index (χ3n) is 2.55. The maximum absolute atomic E-state index is 5.54. The first-order chi connectivity index (χ1) is 7.90. The molecule has 84 valence electrons. The van der Waals surface area contributed by atoms with E-state index in [1.807, 2.05) is 30.5 Å². The summed E-state index contributed by atoms with van der Waals surface area (Å²) in [6.45, 7) is 0. The number of hydrogen-bond acceptors (Lipinski definition) is 4. The molecule has 0 aliphatic carbocycles. The van der Waals surface area contributed by atoms with E-state index in [9.17, 15) is 0 Å². The fourth-order valence-corrected chi connectivity index (χ4v) is 1.67. The van der Waals surface area contributed by atoms with E-state index in [2.05, 4.69) is 10.4 Å². The molecule has 0 saturated heterocycles. The fraction of sp³-hybridized carbons (Fsp3) is 0.250. The van der Waals surface area contributed by atoms with E-state index in [4.69, 9.17) is 10.3 Å². The summed E-state index contributed by atoms with van der Waals surface area (Å²) in [6, 6.07) is 7.90. The number of hydrogen-bond donors (Lipinski definition) is 2. The van der Waals surface area contributed by atoms with E-state index in [0.717, 1.165) is 24.2 Å². The van der Waals surface area contributed by atoms with Gasteiger partial charge >= 0.3 is 0 Å². The number of furan rings is 1. The molecule has 4 nitrogen and oxygen atoms in total. The summed E-state index contributed by atoms with van der Waals surface area (Å²) in [5, 5.41) is 0. The molecule has 2 aromatic rings. The lowest BCUT2D eigenvalue weighted by Crippen LogP contribution is -2.28. The standard InChI is InChI=1S/C12H15N3O/c13-15-12(10-3-1-7-14-9-10)6-5-11-4-2-8-16-11/h1-4,7-9,12,15H,5-6,13H2. The third-order valence-corrected chi connectivity index (χ3v) is 2.55. The van der Waals surface area contributed by atoms with Crippen LogP contribution < -0.4 is 11.3 Å². The normalized spacial score (nSPS) is 12.6. The van der Waals surface area contributed by atoms with Gasteiger partial charge in [0.15, 0.2) is 0 Å². The van der Waals surface area contributed by atoms with E-state index in [1.54, 1.807) is 12.5 Å². The van der Waals surface area contributed by atoms with Crippen LogP contribution in [-0.2, 0) is 6.42 Å². The largest absolute Gasteiger partial charge is 0.469 e. The molecule has 0 fully saturated rings. The minimum absolute atomic E-state index is 0.110. The van der Waals surface area contributed by atoms with Crippen molar-refractivity contribution in [3.05, 3.63) is 54.2 Å². The molecule has 1 unspecified atom stereocenters. The smallest absolute Gasteiger partial charge is 0.103 e. The fourth-order valence-electron chi connectivity index (χ4n) is 1.67. The summed E-state index contributed by atoms with van der Waals surface area (Å²) in [6.07, 6.45) is 7.01. The van der Waals surface area contributed by atoms with Gasteiger partial charge in [-0.05, 0) is 30.2 Å². The van der Waals surface area contributed by atoms with Crippen LogP contribution in [-0.4, -0.2) is 4.98 Å². The lowest BCUT2D eigenvalue weighted by Gasteiger charge is -2.14. The second kappa shape index (κ2) is 5.44. The molecule has 0 radical (unpaired) electrons. The number of nitrogens with one attached hydrogen (secondary N) is 1. The zero-order chi connectivity index (χ0) is 11.2. The summed E-state index contributed by atoms with van der Waals surface area (Å²) in [5.41, 5.74) is 3.89. The number of pyridine rings is 1. The lowest BCUT2D eigenvalue weighted by atomic mass is 10.0. The monoisotopic (exact) mass is 217 g/mol. The highest BCUT2D eigenvalue weighted by atomic mass is 16.3. The van der Waals surface area contributed by atoms with Crippen molar-refractivity contribution in [2.75, 3.05) is 0 Å². The van der Waals surface area contributed by atoms with Crippen LogP contribution in [0.3, 0.4) is 0 Å². The summed E-state index contributed by atoms with van der Waals surface area (Å²) in [5.74, 6) is 6.51. The van der Waals surface area contributed by atoms with Crippen molar-refractivity contribution < 1.29 is 4.42 Å². The molecule has 3 N–H and O–H groups in total. The van der Waals surface area contributed by atoms with Crippen LogP contribution in [0.25, 0.3) is 0 Å². The van der Waals surface area contributed by atoms with Crippen molar-refractivity contribution >= 4 is 0 Å². The van der Waals surface area contributed by atoms with Gasteiger partial charge in [-0.15, -0.1) is 0 Å². The Bertz CT molecular complexity index is 399. The maximum Gasteiger partial charge on any atom is 0.103 e. The predicted molar refractivity (Wildman–Crippen MR) is 61.3 cm³/mol. The van der Waals surface area contributed by atoms with E-state index < -0.39 is 0 Å². The van der Waals surface area contributed by atoms with Gasteiger partial charge in [-0.1, -0.05) is 6.07 Å². The van der Waals surface area contributed by atoms with Crippen molar-refractivity contribution in [1.82, 2.24) is 10.4 Å². The Morgan fingerprint density at radius 1 is 1.38 bits per heavy atom. The average Bonchev–Trinajstić information content (AvgIpc) is 2.84. The zero-order valence-corrected chi connectivity index (χ0v) is 8.97. The van der Waals surface area contributed by atoms with Crippen LogP contribution in [0.15, 0.2) is 47.3 Å². The van der Waals surface area contributed by atoms with Crippen LogP contribution >= 0.6 is 0 Å². The van der Waals surface area contributed by atoms with Gasteiger partial charge in [0, 0.05) is 24.9 Å². The average molecular weight is 217 g/mol. The quantitative estimate of drug-likeness (QED) is 0.592. The van der Waals surface area contributed by atoms with Gasteiger partial charge < -0.3 is 4.42 Å². The Morgan fingerprint density at radius 2 is 2.31 bits per heavy atom. The van der Waals surface area contributed by atoms with E-state index >= 15 is 0 Å². The Hall–Kier alpha value is -1.65. The molecule has 0 saturated carbocycles. The van der Waals surface area contributed by atoms with E-state index in [-0.39, 0.29) is 6.04 Å². The van der Waals surface area contributed by atoms with Crippen molar-refractivity contribution in [1.29, 1.82) is 0 Å². The highest BCUT2D eigenvalue weighted by Crippen LogP contribution is 2.17. The first-order valence-corrected chi connectivity index (χ1v) is 5.28. The second-order valence-electron chi connectivity index (χ2n) is 3.62. The minimum atomic E-state index is 0.110. The van der Waals surface area contributed by atoms with Crippen LogP contribution in [0.1, 0.15) is 23.8 Å². The van der Waals surface area contributed by atoms with E-state index in [0.29, 0.717) is 0 Å². The number of aryl methyl sites for hydroxylation is 1. The Kier molecular flexibility index (Phi) is 3.69. The van der Waals surface area contributed by atoms with Gasteiger partial charge in [-0.25, -0.2) is 0 Å². The number of rotatable bonds is 5. The molecule has 0 aromatic carbocycles. The molecule has 0 aliphatic rings. The van der Waals surface area contributed by atoms with Crippen LogP contribution in [0, 0.1) is 0 Å². The Labute approximate surface area is 94.5 Å². The van der Waals surface area contributed by atoms with Gasteiger partial charge in [0.2, 0.25) is 0 Å². The van der Waals surface area contributed by atoms with Crippen molar-refractivity contribution in [2.45, 2.75) is 18.9 Å². The Balaban J connectivity index is 1.96. The summed E-state index contributed by atoms with van der Waals surface area (Å²) in [7, 11) is 0. The molecule has 0 spiro atoms. The maximum atomic E-state index is 5.54. The first-order valence-electron chi connectivity index (χ1n) is 5.28. The lowest BCUT2D eigenvalue weighted by molar-refractivity contribution is 0.458. The Morgan fingerprint density at radius 3 is 2.94 bits per heavy atom. The number of aromatic nitrogens is 1. The molecule has 2 aromatic heterocycles. The second-order valence-corrected chi connectivity index (χ2v) is 3.62. The van der Waals surface area contributed by atoms with Crippen molar-refractivity contribution in [3.63, 3.8) is 0 Å². The molecule has 16 heavy (non-hydrogen) atoms.